The summed E-state index contributed by atoms with van der Waals surface area (Å²) in [6.07, 6.45) is 1.05. The predicted molar refractivity (Wildman–Crippen MR) is 79.3 cm³/mol. The minimum atomic E-state index is -0.249. The third-order valence-electron chi connectivity index (χ3n) is 4.62. The zero-order chi connectivity index (χ0) is 13.8. The molecule has 2 aliphatic rings. The molecule has 2 rings (SSSR count). The molecule has 0 bridgehead atoms. The van der Waals surface area contributed by atoms with Crippen molar-refractivity contribution in [2.45, 2.75) is 68.8 Å². The van der Waals surface area contributed by atoms with Gasteiger partial charge in [-0.05, 0) is 47.6 Å². The predicted octanol–water partition coefficient (Wildman–Crippen LogP) is 2.99. The van der Waals surface area contributed by atoms with Crippen LogP contribution in [0.4, 0.5) is 0 Å². The first-order valence-electron chi connectivity index (χ1n) is 6.73. The molecule has 2 aliphatic heterocycles. The molecule has 2 fully saturated rings. The highest BCUT2D eigenvalue weighted by Crippen LogP contribution is 2.50. The molecule has 2 heterocycles. The summed E-state index contributed by atoms with van der Waals surface area (Å²) in [7, 11) is -0.146. The van der Waals surface area contributed by atoms with Gasteiger partial charge in [-0.15, -0.1) is 0 Å². The molecule has 0 saturated carbocycles. The van der Waals surface area contributed by atoms with Crippen LogP contribution in [-0.2, 0) is 9.31 Å². The monoisotopic (exact) mass is 317 g/mol. The lowest BCUT2D eigenvalue weighted by atomic mass is 9.54. The summed E-state index contributed by atoms with van der Waals surface area (Å²) in [5.41, 5.74) is -0.498. The lowest BCUT2D eigenvalue weighted by Crippen LogP contribution is -2.52. The van der Waals surface area contributed by atoms with E-state index in [0.717, 1.165) is 19.5 Å². The Kier molecular flexibility index (Phi) is 3.47. The highest BCUT2D eigenvalue weighted by molar-refractivity contribution is 9.10. The van der Waals surface area contributed by atoms with E-state index in [1.165, 1.54) is 0 Å². The molecule has 2 saturated heterocycles. The molecule has 5 heteroatoms. The number of hydrogen-bond acceptors (Lipinski definition) is 3. The van der Waals surface area contributed by atoms with E-state index in [1.54, 1.807) is 0 Å². The molecule has 1 N–H and O–H groups in total. The van der Waals surface area contributed by atoms with Crippen molar-refractivity contribution < 1.29 is 9.31 Å². The molecule has 0 aromatic heterocycles. The van der Waals surface area contributed by atoms with Crippen molar-refractivity contribution >= 4 is 23.0 Å². The number of halogens is 1. The van der Waals surface area contributed by atoms with Crippen LogP contribution < -0.4 is 5.32 Å². The van der Waals surface area contributed by atoms with Crippen molar-refractivity contribution in [3.63, 3.8) is 0 Å². The van der Waals surface area contributed by atoms with E-state index < -0.39 is 0 Å². The summed E-state index contributed by atoms with van der Waals surface area (Å²) in [6.45, 7) is 14.8. The number of nitrogens with one attached hydrogen (secondary N) is 1. The second kappa shape index (κ2) is 4.21. The van der Waals surface area contributed by atoms with Crippen LogP contribution >= 0.6 is 15.9 Å². The Labute approximate surface area is 120 Å². The molecule has 0 amide bonds. The van der Waals surface area contributed by atoms with Crippen molar-refractivity contribution in [3.8, 4) is 0 Å². The zero-order valence-corrected chi connectivity index (χ0v) is 14.0. The van der Waals surface area contributed by atoms with E-state index in [4.69, 9.17) is 9.31 Å². The molecule has 2 unspecified atom stereocenters. The van der Waals surface area contributed by atoms with Gasteiger partial charge in [0.15, 0.2) is 0 Å². The SMILES string of the molecule is CC1(Br)CNCC(C)(B2OC(C)(C)C(C)(C)O2)C1. The summed E-state index contributed by atoms with van der Waals surface area (Å²) in [5, 5.41) is 3.49. The van der Waals surface area contributed by atoms with Gasteiger partial charge in [0.2, 0.25) is 0 Å². The molecule has 18 heavy (non-hydrogen) atoms. The molecular formula is C13H25BBrNO2. The molecular weight excluding hydrogens is 293 g/mol. The second-order valence-electron chi connectivity index (χ2n) is 7.44. The molecule has 3 nitrogen and oxygen atoms in total. The Morgan fingerprint density at radius 3 is 1.89 bits per heavy atom. The molecule has 0 aromatic carbocycles. The standard InChI is InChI=1S/C13H25BBrNO2/c1-10(2)11(3,4)18-14(17-10)12(5)7-13(6,15)9-16-8-12/h16H,7-9H2,1-6H3. The number of alkyl halides is 1. The zero-order valence-electron chi connectivity index (χ0n) is 12.4. The Bertz CT molecular complexity index is 330. The summed E-state index contributed by atoms with van der Waals surface area (Å²) < 4.78 is 12.5. The Balaban J connectivity index is 2.18. The Morgan fingerprint density at radius 1 is 0.944 bits per heavy atom. The maximum Gasteiger partial charge on any atom is 0.465 e. The van der Waals surface area contributed by atoms with Crippen LogP contribution in [0.1, 0.15) is 48.0 Å². The Hall–Kier alpha value is 0.425. The van der Waals surface area contributed by atoms with E-state index in [2.05, 4.69) is 62.8 Å². The summed E-state index contributed by atoms with van der Waals surface area (Å²) in [6, 6.07) is 0. The quantitative estimate of drug-likeness (QED) is 0.596. The van der Waals surface area contributed by atoms with E-state index in [1.807, 2.05) is 0 Å². The lowest BCUT2D eigenvalue weighted by molar-refractivity contribution is 0.00578. The van der Waals surface area contributed by atoms with Crippen LogP contribution in [0.3, 0.4) is 0 Å². The van der Waals surface area contributed by atoms with Crippen molar-refractivity contribution in [1.29, 1.82) is 0 Å². The van der Waals surface area contributed by atoms with Gasteiger partial charge >= 0.3 is 7.12 Å². The van der Waals surface area contributed by atoms with Gasteiger partial charge in [0.25, 0.3) is 0 Å². The van der Waals surface area contributed by atoms with Crippen molar-refractivity contribution in [3.05, 3.63) is 0 Å². The van der Waals surface area contributed by atoms with E-state index in [-0.39, 0.29) is 28.0 Å². The first-order valence-corrected chi connectivity index (χ1v) is 7.52. The van der Waals surface area contributed by atoms with Crippen LogP contribution in [0.25, 0.3) is 0 Å². The topological polar surface area (TPSA) is 30.5 Å². The normalized spacial score (nSPS) is 43.2. The summed E-state index contributed by atoms with van der Waals surface area (Å²) in [4.78, 5) is 0. The average Bonchev–Trinajstić information content (AvgIpc) is 2.34. The fourth-order valence-corrected chi connectivity index (χ4v) is 3.71. The minimum Gasteiger partial charge on any atom is -0.403 e. The van der Waals surface area contributed by atoms with Crippen molar-refractivity contribution in [1.82, 2.24) is 5.32 Å². The number of hydrogen-bond donors (Lipinski definition) is 1. The highest BCUT2D eigenvalue weighted by Gasteiger charge is 2.59. The van der Waals surface area contributed by atoms with Crippen molar-refractivity contribution in [2.24, 2.45) is 0 Å². The van der Waals surface area contributed by atoms with Gasteiger partial charge in [0, 0.05) is 16.2 Å². The van der Waals surface area contributed by atoms with E-state index in [0.29, 0.717) is 0 Å². The smallest absolute Gasteiger partial charge is 0.403 e. The van der Waals surface area contributed by atoms with Gasteiger partial charge in [0.05, 0.1) is 11.2 Å². The van der Waals surface area contributed by atoms with E-state index >= 15 is 0 Å². The van der Waals surface area contributed by atoms with Gasteiger partial charge < -0.3 is 14.6 Å². The fraction of sp³-hybridized carbons (Fsp3) is 1.00. The molecule has 104 valence electrons. The van der Waals surface area contributed by atoms with Gasteiger partial charge in [-0.1, -0.05) is 22.9 Å². The minimum absolute atomic E-state index is 0.00153. The number of piperidine rings is 1. The summed E-state index contributed by atoms with van der Waals surface area (Å²) in [5.74, 6) is 0. The van der Waals surface area contributed by atoms with Crippen LogP contribution in [-0.4, -0.2) is 35.7 Å². The molecule has 0 radical (unpaired) electrons. The first kappa shape index (κ1) is 14.8. The largest absolute Gasteiger partial charge is 0.465 e. The molecule has 0 aromatic rings. The second-order valence-corrected chi connectivity index (χ2v) is 9.35. The fourth-order valence-electron chi connectivity index (χ4n) is 2.87. The van der Waals surface area contributed by atoms with Crippen molar-refractivity contribution in [2.75, 3.05) is 13.1 Å². The van der Waals surface area contributed by atoms with Crippen LogP contribution in [0.5, 0.6) is 0 Å². The third kappa shape index (κ3) is 2.51. The van der Waals surface area contributed by atoms with Gasteiger partial charge in [-0.25, -0.2) is 0 Å². The van der Waals surface area contributed by atoms with Crippen LogP contribution in [0.15, 0.2) is 0 Å². The maximum atomic E-state index is 6.22. The molecule has 2 atom stereocenters. The number of rotatable bonds is 1. The van der Waals surface area contributed by atoms with Gasteiger partial charge in [0.1, 0.15) is 0 Å². The molecule has 0 aliphatic carbocycles. The van der Waals surface area contributed by atoms with Crippen LogP contribution in [0.2, 0.25) is 5.31 Å². The lowest BCUT2D eigenvalue weighted by Gasteiger charge is -2.42. The summed E-state index contributed by atoms with van der Waals surface area (Å²) >= 11 is 3.80. The maximum absolute atomic E-state index is 6.22. The highest BCUT2D eigenvalue weighted by atomic mass is 79.9. The molecule has 0 spiro atoms. The average molecular weight is 318 g/mol. The van der Waals surface area contributed by atoms with E-state index in [9.17, 15) is 0 Å². The van der Waals surface area contributed by atoms with Crippen LogP contribution in [0, 0.1) is 0 Å². The van der Waals surface area contributed by atoms with Gasteiger partial charge in [-0.2, -0.15) is 0 Å². The third-order valence-corrected chi connectivity index (χ3v) is 5.18. The van der Waals surface area contributed by atoms with Gasteiger partial charge in [-0.3, -0.25) is 0 Å². The first-order chi connectivity index (χ1) is 7.98. The Morgan fingerprint density at radius 2 is 1.44 bits per heavy atom.